The lowest BCUT2D eigenvalue weighted by Crippen LogP contribution is -2.41. The molecule has 0 aliphatic heterocycles. The second kappa shape index (κ2) is 7.10. The fourth-order valence-electron chi connectivity index (χ4n) is 1.43. The second-order valence-electron chi connectivity index (χ2n) is 3.85. The average molecular weight is 315 g/mol. The van der Waals surface area contributed by atoms with E-state index in [1.807, 2.05) is 6.92 Å². The number of carboxylic acid groups (broad SMARTS) is 1. The molecule has 0 saturated heterocycles. The molecule has 0 saturated carbocycles. The maximum atomic E-state index is 11.8. The molecule has 0 aliphatic carbocycles. The molecule has 98 valence electrons. The number of aromatic nitrogens is 1. The van der Waals surface area contributed by atoms with E-state index in [4.69, 9.17) is 5.11 Å². The highest BCUT2D eigenvalue weighted by molar-refractivity contribution is 9.10. The summed E-state index contributed by atoms with van der Waals surface area (Å²) < 4.78 is 0.538. The minimum atomic E-state index is -1.02. The fraction of sp³-hybridized carbons (Fsp3) is 0.417. The third kappa shape index (κ3) is 4.44. The Hall–Kier alpha value is -1.43. The first-order valence-corrected chi connectivity index (χ1v) is 6.50. The van der Waals surface area contributed by atoms with Gasteiger partial charge in [-0.05, 0) is 34.5 Å². The summed E-state index contributed by atoms with van der Waals surface area (Å²) >= 11 is 3.16. The van der Waals surface area contributed by atoms with E-state index < -0.39 is 17.9 Å². The zero-order chi connectivity index (χ0) is 13.5. The van der Waals surface area contributed by atoms with Crippen LogP contribution in [0.1, 0.15) is 36.7 Å². The highest BCUT2D eigenvalue weighted by Gasteiger charge is 2.20. The van der Waals surface area contributed by atoms with Crippen LogP contribution in [0.25, 0.3) is 0 Å². The quantitative estimate of drug-likeness (QED) is 0.789. The van der Waals surface area contributed by atoms with Gasteiger partial charge in [0, 0.05) is 0 Å². The summed E-state index contributed by atoms with van der Waals surface area (Å²) in [4.78, 5) is 26.8. The minimum Gasteiger partial charge on any atom is -0.480 e. The van der Waals surface area contributed by atoms with Crippen molar-refractivity contribution < 1.29 is 14.7 Å². The number of aliphatic carboxylic acids is 1. The van der Waals surface area contributed by atoms with Gasteiger partial charge in [-0.25, -0.2) is 9.78 Å². The lowest BCUT2D eigenvalue weighted by atomic mass is 10.1. The lowest BCUT2D eigenvalue weighted by Gasteiger charge is -2.13. The van der Waals surface area contributed by atoms with Crippen LogP contribution < -0.4 is 5.32 Å². The van der Waals surface area contributed by atoms with Crippen molar-refractivity contribution in [1.82, 2.24) is 10.3 Å². The number of nitrogens with zero attached hydrogens (tertiary/aromatic N) is 1. The molecule has 2 N–H and O–H groups in total. The highest BCUT2D eigenvalue weighted by Crippen LogP contribution is 2.07. The Balaban J connectivity index is 2.69. The molecule has 6 heteroatoms. The SMILES string of the molecule is CCCCC(NC(=O)c1cccc(Br)n1)C(=O)O. The Bertz CT molecular complexity index is 437. The molecule has 0 radical (unpaired) electrons. The monoisotopic (exact) mass is 314 g/mol. The molecule has 0 aromatic carbocycles. The van der Waals surface area contributed by atoms with Crippen LogP contribution in [0, 0.1) is 0 Å². The van der Waals surface area contributed by atoms with Gasteiger partial charge in [0.05, 0.1) is 0 Å². The van der Waals surface area contributed by atoms with Crippen LogP contribution in [-0.2, 0) is 4.79 Å². The van der Waals surface area contributed by atoms with Gasteiger partial charge >= 0.3 is 5.97 Å². The van der Waals surface area contributed by atoms with E-state index in [-0.39, 0.29) is 5.69 Å². The molecule has 18 heavy (non-hydrogen) atoms. The first-order chi connectivity index (χ1) is 8.54. The number of unbranched alkanes of at least 4 members (excludes halogenated alkanes) is 1. The number of halogens is 1. The van der Waals surface area contributed by atoms with Crippen molar-refractivity contribution in [2.45, 2.75) is 32.2 Å². The number of nitrogens with one attached hydrogen (secondary N) is 1. The Morgan fingerprint density at radius 1 is 1.50 bits per heavy atom. The van der Waals surface area contributed by atoms with Gasteiger partial charge in [0.25, 0.3) is 5.91 Å². The van der Waals surface area contributed by atoms with Gasteiger partial charge in [0.1, 0.15) is 16.3 Å². The molecular formula is C12H15BrN2O3. The predicted octanol–water partition coefficient (Wildman–Crippen LogP) is 2.22. The van der Waals surface area contributed by atoms with Gasteiger partial charge in [0.15, 0.2) is 0 Å². The smallest absolute Gasteiger partial charge is 0.326 e. The minimum absolute atomic E-state index is 0.201. The second-order valence-corrected chi connectivity index (χ2v) is 4.66. The Kier molecular flexibility index (Phi) is 5.77. The maximum Gasteiger partial charge on any atom is 0.326 e. The van der Waals surface area contributed by atoms with Crippen LogP contribution in [0.3, 0.4) is 0 Å². The van der Waals surface area contributed by atoms with E-state index >= 15 is 0 Å². The lowest BCUT2D eigenvalue weighted by molar-refractivity contribution is -0.139. The molecule has 1 rings (SSSR count). The van der Waals surface area contributed by atoms with Crippen molar-refractivity contribution in [3.63, 3.8) is 0 Å². The normalized spacial score (nSPS) is 11.9. The summed E-state index contributed by atoms with van der Waals surface area (Å²) in [5, 5.41) is 11.5. The molecule has 1 amide bonds. The van der Waals surface area contributed by atoms with E-state index in [2.05, 4.69) is 26.2 Å². The number of carboxylic acids is 1. The number of pyridine rings is 1. The fourth-order valence-corrected chi connectivity index (χ4v) is 1.78. The third-order valence-corrected chi connectivity index (χ3v) is 2.84. The van der Waals surface area contributed by atoms with Gasteiger partial charge in [-0.1, -0.05) is 25.8 Å². The topological polar surface area (TPSA) is 79.3 Å². The van der Waals surface area contributed by atoms with E-state index in [1.54, 1.807) is 18.2 Å². The first-order valence-electron chi connectivity index (χ1n) is 5.70. The van der Waals surface area contributed by atoms with Crippen molar-refractivity contribution in [2.24, 2.45) is 0 Å². The molecule has 1 atom stereocenters. The number of carbonyl (C=O) groups is 2. The Morgan fingerprint density at radius 2 is 2.22 bits per heavy atom. The molecule has 5 nitrogen and oxygen atoms in total. The van der Waals surface area contributed by atoms with E-state index in [0.717, 1.165) is 12.8 Å². The number of carbonyl (C=O) groups excluding carboxylic acids is 1. The number of rotatable bonds is 6. The molecule has 0 bridgehead atoms. The Morgan fingerprint density at radius 3 is 2.78 bits per heavy atom. The van der Waals surface area contributed by atoms with Crippen molar-refractivity contribution >= 4 is 27.8 Å². The number of amides is 1. The molecular weight excluding hydrogens is 300 g/mol. The molecule has 0 spiro atoms. The average Bonchev–Trinajstić information content (AvgIpc) is 2.33. The van der Waals surface area contributed by atoms with Crippen molar-refractivity contribution in [3.8, 4) is 0 Å². The first kappa shape index (κ1) is 14.6. The van der Waals surface area contributed by atoms with Crippen LogP contribution in [0.2, 0.25) is 0 Å². The van der Waals surface area contributed by atoms with Gasteiger partial charge in [-0.2, -0.15) is 0 Å². The maximum absolute atomic E-state index is 11.8. The predicted molar refractivity (Wildman–Crippen MR) is 70.4 cm³/mol. The van der Waals surface area contributed by atoms with Crippen molar-refractivity contribution in [2.75, 3.05) is 0 Å². The summed E-state index contributed by atoms with van der Waals surface area (Å²) in [5.74, 6) is -1.49. The van der Waals surface area contributed by atoms with Gasteiger partial charge in [-0.15, -0.1) is 0 Å². The van der Waals surface area contributed by atoms with E-state index in [0.29, 0.717) is 11.0 Å². The summed E-state index contributed by atoms with van der Waals surface area (Å²) in [6.07, 6.45) is 2.06. The van der Waals surface area contributed by atoms with E-state index in [9.17, 15) is 9.59 Å². The summed E-state index contributed by atoms with van der Waals surface area (Å²) in [6, 6.07) is 4.05. The molecule has 1 heterocycles. The van der Waals surface area contributed by atoms with Crippen molar-refractivity contribution in [1.29, 1.82) is 0 Å². The highest BCUT2D eigenvalue weighted by atomic mass is 79.9. The standard InChI is InChI=1S/C12H15BrN2O3/c1-2-3-5-9(12(17)18)15-11(16)8-6-4-7-10(13)14-8/h4,6-7,9H,2-3,5H2,1H3,(H,15,16)(H,17,18). The zero-order valence-corrected chi connectivity index (χ0v) is 11.6. The molecule has 1 aromatic heterocycles. The van der Waals surface area contributed by atoms with E-state index in [1.165, 1.54) is 0 Å². The molecule has 1 aromatic rings. The summed E-state index contributed by atoms with van der Waals surface area (Å²) in [6.45, 7) is 1.97. The number of hydrogen-bond donors (Lipinski definition) is 2. The zero-order valence-electron chi connectivity index (χ0n) is 10.0. The molecule has 0 fully saturated rings. The van der Waals surface area contributed by atoms with Crippen molar-refractivity contribution in [3.05, 3.63) is 28.5 Å². The number of hydrogen-bond acceptors (Lipinski definition) is 3. The molecule has 1 unspecified atom stereocenters. The Labute approximate surface area is 114 Å². The van der Waals surface area contributed by atoms with Crippen LogP contribution >= 0.6 is 15.9 Å². The van der Waals surface area contributed by atoms with Crippen LogP contribution in [0.15, 0.2) is 22.8 Å². The third-order valence-electron chi connectivity index (χ3n) is 2.40. The summed E-state index contributed by atoms with van der Waals surface area (Å²) in [7, 11) is 0. The largest absolute Gasteiger partial charge is 0.480 e. The van der Waals surface area contributed by atoms with Gasteiger partial charge in [-0.3, -0.25) is 4.79 Å². The van der Waals surface area contributed by atoms with Crippen LogP contribution in [-0.4, -0.2) is 28.0 Å². The van der Waals surface area contributed by atoms with Crippen LogP contribution in [0.5, 0.6) is 0 Å². The van der Waals surface area contributed by atoms with Gasteiger partial charge < -0.3 is 10.4 Å². The summed E-state index contributed by atoms with van der Waals surface area (Å²) in [5.41, 5.74) is 0.201. The van der Waals surface area contributed by atoms with Gasteiger partial charge in [0.2, 0.25) is 0 Å². The molecule has 0 aliphatic rings. The van der Waals surface area contributed by atoms with Crippen LogP contribution in [0.4, 0.5) is 0 Å².